The first kappa shape index (κ1) is 20.5. The summed E-state index contributed by atoms with van der Waals surface area (Å²) in [7, 11) is 0. The average Bonchev–Trinajstić information content (AvgIpc) is 2.44. The Kier molecular flexibility index (Phi) is 9.87. The largest absolute Gasteiger partial charge is 0.480 e. The number of hydrogen-bond donors (Lipinski definition) is 5. The van der Waals surface area contributed by atoms with Gasteiger partial charge in [-0.3, -0.25) is 24.1 Å². The van der Waals surface area contributed by atoms with Crippen molar-refractivity contribution in [1.82, 2.24) is 15.5 Å². The van der Waals surface area contributed by atoms with Crippen LogP contribution in [0.4, 0.5) is 0 Å². The summed E-state index contributed by atoms with van der Waals surface area (Å²) >= 11 is 0. The van der Waals surface area contributed by atoms with Gasteiger partial charge in [-0.2, -0.15) is 0 Å². The molecule has 0 aromatic carbocycles. The van der Waals surface area contributed by atoms with Gasteiger partial charge >= 0.3 is 11.9 Å². The number of nitrogens with one attached hydrogen (secondary N) is 2. The number of aldehydes is 1. The second-order valence-electron chi connectivity index (χ2n) is 4.59. The zero-order valence-electron chi connectivity index (χ0n) is 12.4. The van der Waals surface area contributed by atoms with Crippen molar-refractivity contribution in [3.63, 3.8) is 0 Å². The van der Waals surface area contributed by atoms with Crippen molar-refractivity contribution in [1.29, 1.82) is 0 Å². The van der Waals surface area contributed by atoms with Gasteiger partial charge in [-0.25, -0.2) is 0 Å². The molecular weight excluding hydrogens is 312 g/mol. The third kappa shape index (κ3) is 10.8. The summed E-state index contributed by atoms with van der Waals surface area (Å²) < 4.78 is 0. The monoisotopic (exact) mass is 332 g/mol. The number of carboxylic acids is 2. The lowest BCUT2D eigenvalue weighted by atomic mass is 10.2. The summed E-state index contributed by atoms with van der Waals surface area (Å²) in [5.41, 5.74) is 5.09. The third-order valence-corrected chi connectivity index (χ3v) is 2.56. The van der Waals surface area contributed by atoms with Crippen molar-refractivity contribution in [2.24, 2.45) is 5.73 Å². The molecule has 6 N–H and O–H groups in total. The molecule has 0 unspecified atom stereocenters. The molecule has 11 heteroatoms. The minimum Gasteiger partial charge on any atom is -0.480 e. The van der Waals surface area contributed by atoms with Gasteiger partial charge in [0, 0.05) is 6.54 Å². The van der Waals surface area contributed by atoms with E-state index in [1.54, 1.807) is 0 Å². The van der Waals surface area contributed by atoms with Crippen LogP contribution >= 0.6 is 0 Å². The molecule has 1 atom stereocenters. The molecule has 0 aliphatic rings. The van der Waals surface area contributed by atoms with E-state index in [0.717, 1.165) is 4.90 Å². The van der Waals surface area contributed by atoms with Crippen LogP contribution in [-0.4, -0.2) is 83.9 Å². The molecule has 0 aliphatic heterocycles. The van der Waals surface area contributed by atoms with E-state index in [-0.39, 0.29) is 19.5 Å². The van der Waals surface area contributed by atoms with E-state index in [4.69, 9.17) is 15.9 Å². The van der Waals surface area contributed by atoms with Crippen LogP contribution in [0.5, 0.6) is 0 Å². The quantitative estimate of drug-likeness (QED) is 0.228. The fourth-order valence-electron chi connectivity index (χ4n) is 1.62. The van der Waals surface area contributed by atoms with Gasteiger partial charge in [0.1, 0.15) is 6.29 Å². The standard InChI is InChI=1S/C12H20N4O7/c13-3-9(18)15-8(7-17)1-2-14-10(19)4-16(5-11(20)21)6-12(22)23/h7-8H,1-6,13H2,(H,14,19)(H,15,18)(H,20,21)(H,22,23)/t8-/m0/s1. The number of nitrogens with two attached hydrogens (primary N) is 1. The minimum atomic E-state index is -1.26. The van der Waals surface area contributed by atoms with Gasteiger partial charge in [0.05, 0.1) is 32.2 Å². The molecular formula is C12H20N4O7. The van der Waals surface area contributed by atoms with Gasteiger partial charge in [-0.15, -0.1) is 0 Å². The molecule has 23 heavy (non-hydrogen) atoms. The Labute approximate surface area is 131 Å². The van der Waals surface area contributed by atoms with Gasteiger partial charge in [0.15, 0.2) is 0 Å². The molecule has 11 nitrogen and oxygen atoms in total. The maximum absolute atomic E-state index is 11.6. The first-order valence-electron chi connectivity index (χ1n) is 6.65. The number of amides is 2. The van der Waals surface area contributed by atoms with Crippen molar-refractivity contribution < 1.29 is 34.2 Å². The number of nitrogens with zero attached hydrogens (tertiary/aromatic N) is 1. The van der Waals surface area contributed by atoms with Crippen molar-refractivity contribution in [2.75, 3.05) is 32.7 Å². The Hall–Kier alpha value is -2.53. The molecule has 0 aromatic rings. The Bertz CT molecular complexity index is 439. The van der Waals surface area contributed by atoms with E-state index >= 15 is 0 Å². The van der Waals surface area contributed by atoms with Crippen LogP contribution in [0.1, 0.15) is 6.42 Å². The molecule has 0 aliphatic carbocycles. The number of hydrogen-bond acceptors (Lipinski definition) is 7. The van der Waals surface area contributed by atoms with Gasteiger partial charge in [0.25, 0.3) is 0 Å². The maximum atomic E-state index is 11.6. The molecule has 0 aromatic heterocycles. The minimum absolute atomic E-state index is 0.0427. The van der Waals surface area contributed by atoms with Gasteiger partial charge < -0.3 is 31.4 Å². The lowest BCUT2D eigenvalue weighted by molar-refractivity contribution is -0.142. The van der Waals surface area contributed by atoms with Crippen LogP contribution < -0.4 is 16.4 Å². The van der Waals surface area contributed by atoms with E-state index in [1.165, 1.54) is 0 Å². The number of aliphatic carboxylic acids is 2. The third-order valence-electron chi connectivity index (χ3n) is 2.56. The lowest BCUT2D eigenvalue weighted by Crippen LogP contribution is -2.44. The summed E-state index contributed by atoms with van der Waals surface area (Å²) in [5.74, 6) is -3.63. The zero-order valence-corrected chi connectivity index (χ0v) is 12.4. The Morgan fingerprint density at radius 1 is 1.04 bits per heavy atom. The number of rotatable bonds is 12. The second kappa shape index (κ2) is 11.1. The molecule has 0 spiro atoms. The molecule has 0 fully saturated rings. The average molecular weight is 332 g/mol. The van der Waals surface area contributed by atoms with E-state index in [0.29, 0.717) is 6.29 Å². The Morgan fingerprint density at radius 2 is 1.61 bits per heavy atom. The van der Waals surface area contributed by atoms with Gasteiger partial charge in [-0.05, 0) is 6.42 Å². The highest BCUT2D eigenvalue weighted by atomic mass is 16.4. The lowest BCUT2D eigenvalue weighted by Gasteiger charge is -2.18. The van der Waals surface area contributed by atoms with Crippen LogP contribution in [0.3, 0.4) is 0 Å². The van der Waals surface area contributed by atoms with Gasteiger partial charge in [0.2, 0.25) is 11.8 Å². The fourth-order valence-corrected chi connectivity index (χ4v) is 1.62. The molecule has 0 saturated heterocycles. The molecule has 0 bridgehead atoms. The fraction of sp³-hybridized carbons (Fsp3) is 0.583. The first-order chi connectivity index (χ1) is 10.8. The summed E-state index contributed by atoms with van der Waals surface area (Å²) in [6, 6.07) is -0.805. The molecule has 130 valence electrons. The SMILES string of the molecule is NCC(=O)N[C@H](C=O)CCNC(=O)CN(CC(=O)O)CC(=O)O. The second-order valence-corrected chi connectivity index (χ2v) is 4.59. The van der Waals surface area contributed by atoms with E-state index in [9.17, 15) is 24.0 Å². The van der Waals surface area contributed by atoms with Crippen LogP contribution in [0.2, 0.25) is 0 Å². The summed E-state index contributed by atoms with van der Waals surface area (Å²) in [5, 5.41) is 22.0. The maximum Gasteiger partial charge on any atom is 0.317 e. The van der Waals surface area contributed by atoms with E-state index in [2.05, 4.69) is 10.6 Å². The predicted molar refractivity (Wildman–Crippen MR) is 76.4 cm³/mol. The highest BCUT2D eigenvalue weighted by Gasteiger charge is 2.17. The Balaban J connectivity index is 4.24. The molecule has 2 amide bonds. The van der Waals surface area contributed by atoms with Crippen LogP contribution in [0.15, 0.2) is 0 Å². The highest BCUT2D eigenvalue weighted by Crippen LogP contribution is 1.90. The number of carbonyl (C=O) groups excluding carboxylic acids is 3. The van der Waals surface area contributed by atoms with Crippen LogP contribution in [-0.2, 0) is 24.0 Å². The molecule has 0 saturated carbocycles. The topological polar surface area (TPSA) is 179 Å². The van der Waals surface area contributed by atoms with Crippen LogP contribution in [0, 0.1) is 0 Å². The molecule has 0 heterocycles. The van der Waals surface area contributed by atoms with Crippen LogP contribution in [0.25, 0.3) is 0 Å². The summed E-state index contributed by atoms with van der Waals surface area (Å²) in [4.78, 5) is 55.5. The number of carboxylic acid groups (broad SMARTS) is 2. The Morgan fingerprint density at radius 3 is 2.04 bits per heavy atom. The molecule has 0 radical (unpaired) electrons. The van der Waals surface area contributed by atoms with Crippen molar-refractivity contribution in [3.05, 3.63) is 0 Å². The normalized spacial score (nSPS) is 11.6. The first-order valence-corrected chi connectivity index (χ1v) is 6.65. The van der Waals surface area contributed by atoms with Crippen molar-refractivity contribution in [2.45, 2.75) is 12.5 Å². The predicted octanol–water partition coefficient (Wildman–Crippen LogP) is -3.39. The summed E-state index contributed by atoms with van der Waals surface area (Å²) in [6.07, 6.45) is 0.625. The van der Waals surface area contributed by atoms with Crippen molar-refractivity contribution in [3.8, 4) is 0 Å². The van der Waals surface area contributed by atoms with Crippen molar-refractivity contribution >= 4 is 30.0 Å². The zero-order chi connectivity index (χ0) is 17.8. The van der Waals surface area contributed by atoms with E-state index in [1.807, 2.05) is 0 Å². The summed E-state index contributed by atoms with van der Waals surface area (Å²) in [6.45, 7) is -1.83. The smallest absolute Gasteiger partial charge is 0.317 e. The highest BCUT2D eigenvalue weighted by molar-refractivity contribution is 5.81. The van der Waals surface area contributed by atoms with Gasteiger partial charge in [-0.1, -0.05) is 0 Å². The molecule has 0 rings (SSSR count). The van der Waals surface area contributed by atoms with E-state index < -0.39 is 49.4 Å². The number of carbonyl (C=O) groups is 5.